The molecule has 0 aliphatic carbocycles. The molecule has 1 aromatic rings. The van der Waals surface area contributed by atoms with Crippen LogP contribution >= 0.6 is 35.2 Å². The maximum atomic E-state index is 11.4. The predicted octanol–water partition coefficient (Wildman–Crippen LogP) is 1.59. The van der Waals surface area contributed by atoms with Gasteiger partial charge in [0.2, 0.25) is 0 Å². The molecular formula is C12H15Cl2NO5S. The van der Waals surface area contributed by atoms with Crippen LogP contribution in [0.3, 0.4) is 0 Å². The number of aliphatic hydroxyl groups excluding tert-OH is 2. The molecule has 0 spiro atoms. The Balaban J connectivity index is 2.71. The summed E-state index contributed by atoms with van der Waals surface area (Å²) in [6, 6.07) is 5.40. The molecule has 9 heteroatoms. The van der Waals surface area contributed by atoms with Crippen molar-refractivity contribution in [2.75, 3.05) is 12.9 Å². The summed E-state index contributed by atoms with van der Waals surface area (Å²) in [7, 11) is 0. The molecule has 1 amide bonds. The molecule has 0 unspecified atom stereocenters. The Morgan fingerprint density at radius 1 is 1.38 bits per heavy atom. The number of hydrogen-bond acceptors (Lipinski definition) is 6. The van der Waals surface area contributed by atoms with Crippen LogP contribution in [0.5, 0.6) is 5.75 Å². The third kappa shape index (κ3) is 5.90. The number of carbonyl (C=O) groups is 1. The first-order valence-electron chi connectivity index (χ1n) is 5.84. The number of rotatable bonds is 8. The fourth-order valence-electron chi connectivity index (χ4n) is 1.50. The molecule has 1 aromatic carbocycles. The quantitative estimate of drug-likeness (QED) is 0.284. The van der Waals surface area contributed by atoms with Crippen LogP contribution in [0.1, 0.15) is 11.7 Å². The van der Waals surface area contributed by atoms with Gasteiger partial charge in [-0.3, -0.25) is 4.79 Å². The maximum absolute atomic E-state index is 11.4. The Morgan fingerprint density at radius 2 is 2.00 bits per heavy atom. The molecule has 0 saturated carbocycles. The second-order valence-electron chi connectivity index (χ2n) is 3.93. The van der Waals surface area contributed by atoms with Gasteiger partial charge in [0.05, 0.1) is 12.6 Å². The minimum atomic E-state index is -1.27. The van der Waals surface area contributed by atoms with Crippen LogP contribution in [0.2, 0.25) is 0 Å². The normalized spacial score (nSPS) is 13.8. The molecule has 0 aromatic heterocycles. The largest absolute Gasteiger partial charge is 0.394 e. The first-order valence-corrected chi connectivity index (χ1v) is 7.86. The molecule has 0 heterocycles. The van der Waals surface area contributed by atoms with Gasteiger partial charge in [0.15, 0.2) is 10.6 Å². The van der Waals surface area contributed by atoms with Crippen molar-refractivity contribution in [3.05, 3.63) is 29.8 Å². The van der Waals surface area contributed by atoms with Crippen molar-refractivity contribution < 1.29 is 24.2 Å². The number of hydrogen-bond donors (Lipinski definition) is 3. The van der Waals surface area contributed by atoms with Crippen molar-refractivity contribution >= 4 is 41.2 Å². The highest BCUT2D eigenvalue weighted by molar-refractivity contribution is 7.93. The molecule has 2 atom stereocenters. The molecule has 118 valence electrons. The maximum Gasteiger partial charge on any atom is 0.253 e. The zero-order chi connectivity index (χ0) is 15.8. The van der Waals surface area contributed by atoms with Crippen LogP contribution in [0, 0.1) is 0 Å². The average Bonchev–Trinajstić information content (AvgIpc) is 2.50. The van der Waals surface area contributed by atoms with Crippen molar-refractivity contribution in [3.63, 3.8) is 0 Å². The third-order valence-electron chi connectivity index (χ3n) is 2.52. The average molecular weight is 356 g/mol. The Labute approximate surface area is 136 Å². The lowest BCUT2D eigenvalue weighted by Gasteiger charge is -2.23. The molecule has 21 heavy (non-hydrogen) atoms. The van der Waals surface area contributed by atoms with Crippen molar-refractivity contribution in [1.82, 2.24) is 5.32 Å². The number of benzene rings is 1. The van der Waals surface area contributed by atoms with Gasteiger partial charge in [0.1, 0.15) is 6.10 Å². The minimum absolute atomic E-state index is 0.450. The number of nitrogens with one attached hydrogen (secondary N) is 1. The van der Waals surface area contributed by atoms with Gasteiger partial charge in [0.25, 0.3) is 5.91 Å². The molecule has 0 aliphatic heterocycles. The number of aliphatic hydroxyl groups is 2. The van der Waals surface area contributed by atoms with Crippen molar-refractivity contribution in [2.45, 2.75) is 17.0 Å². The summed E-state index contributed by atoms with van der Waals surface area (Å²) in [6.45, 7) is -0.471. The third-order valence-corrected chi connectivity index (χ3v) is 3.12. The summed E-state index contributed by atoms with van der Waals surface area (Å²) in [5.41, 5.74) is 0.478. The van der Waals surface area contributed by atoms with E-state index in [9.17, 15) is 15.0 Å². The van der Waals surface area contributed by atoms with Gasteiger partial charge in [0, 0.05) is 18.3 Å². The Hall–Kier alpha value is -0.700. The molecule has 0 saturated heterocycles. The lowest BCUT2D eigenvalue weighted by molar-refractivity contribution is -0.121. The summed E-state index contributed by atoms with van der Waals surface area (Å²) in [4.78, 5) is 15.0. The zero-order valence-electron chi connectivity index (χ0n) is 11.0. The van der Waals surface area contributed by atoms with E-state index in [0.717, 1.165) is 12.0 Å². The second kappa shape index (κ2) is 9.34. The smallest absolute Gasteiger partial charge is 0.253 e. The Kier molecular flexibility index (Phi) is 8.16. The van der Waals surface area contributed by atoms with Gasteiger partial charge < -0.3 is 20.4 Å². The van der Waals surface area contributed by atoms with Gasteiger partial charge in [-0.25, -0.2) is 0 Å². The summed E-state index contributed by atoms with van der Waals surface area (Å²) in [5, 5.41) is 21.7. The van der Waals surface area contributed by atoms with Crippen LogP contribution in [-0.4, -0.2) is 39.9 Å². The first kappa shape index (κ1) is 18.3. The van der Waals surface area contributed by atoms with Gasteiger partial charge in [-0.1, -0.05) is 35.3 Å². The Bertz CT molecular complexity index is 446. The number of halogens is 2. The van der Waals surface area contributed by atoms with Crippen molar-refractivity contribution in [1.29, 1.82) is 0 Å². The van der Waals surface area contributed by atoms with Crippen LogP contribution < -0.4 is 10.2 Å². The van der Waals surface area contributed by atoms with E-state index in [-0.39, 0.29) is 0 Å². The number of amides is 1. The van der Waals surface area contributed by atoms with Gasteiger partial charge >= 0.3 is 0 Å². The van der Waals surface area contributed by atoms with E-state index >= 15 is 0 Å². The first-order chi connectivity index (χ1) is 9.99. The minimum Gasteiger partial charge on any atom is -0.394 e. The van der Waals surface area contributed by atoms with E-state index in [0.29, 0.717) is 11.3 Å². The van der Waals surface area contributed by atoms with Crippen molar-refractivity contribution in [2.24, 2.45) is 0 Å². The molecule has 0 fully saturated rings. The summed E-state index contributed by atoms with van der Waals surface area (Å²) < 4.78 is 4.70. The Morgan fingerprint density at radius 3 is 2.48 bits per heavy atom. The van der Waals surface area contributed by atoms with E-state index in [4.69, 9.17) is 32.4 Å². The molecule has 3 N–H and O–H groups in total. The molecule has 0 aliphatic rings. The fourth-order valence-corrected chi connectivity index (χ4v) is 1.77. The zero-order valence-corrected chi connectivity index (χ0v) is 13.4. The lowest BCUT2D eigenvalue weighted by Crippen LogP contribution is -2.44. The van der Waals surface area contributed by atoms with Crippen molar-refractivity contribution in [3.8, 4) is 5.75 Å². The van der Waals surface area contributed by atoms with Crippen LogP contribution in [-0.2, 0) is 9.13 Å². The van der Waals surface area contributed by atoms with E-state index < -0.39 is 29.5 Å². The highest BCUT2D eigenvalue weighted by Crippen LogP contribution is 2.21. The monoisotopic (exact) mass is 355 g/mol. The fraction of sp³-hybridized carbons (Fsp3) is 0.417. The summed E-state index contributed by atoms with van der Waals surface area (Å²) >= 11 is 11.9. The van der Waals surface area contributed by atoms with E-state index in [1.54, 1.807) is 30.5 Å². The van der Waals surface area contributed by atoms with Gasteiger partial charge in [-0.2, -0.15) is 0 Å². The predicted molar refractivity (Wildman–Crippen MR) is 81.1 cm³/mol. The molecule has 0 radical (unpaired) electrons. The lowest BCUT2D eigenvalue weighted by atomic mass is 10.0. The van der Waals surface area contributed by atoms with Crippen LogP contribution in [0.4, 0.5) is 0 Å². The van der Waals surface area contributed by atoms with E-state index in [1.807, 2.05) is 0 Å². The topological polar surface area (TPSA) is 88.0 Å². The molecule has 6 nitrogen and oxygen atoms in total. The number of alkyl halides is 2. The van der Waals surface area contributed by atoms with Crippen LogP contribution in [0.15, 0.2) is 24.3 Å². The SMILES string of the molecule is CSOOc1ccc([C@@H](O)[C@@H](CO)NC(=O)C(Cl)Cl)cc1. The highest BCUT2D eigenvalue weighted by Gasteiger charge is 2.24. The second-order valence-corrected chi connectivity index (χ2v) is 5.50. The summed E-state index contributed by atoms with van der Waals surface area (Å²) in [6.07, 6.45) is 0.578. The summed E-state index contributed by atoms with van der Waals surface area (Å²) in [5.74, 6) is -0.240. The highest BCUT2D eigenvalue weighted by atomic mass is 35.5. The van der Waals surface area contributed by atoms with Gasteiger partial charge in [-0.15, -0.1) is 4.33 Å². The van der Waals surface area contributed by atoms with Crippen LogP contribution in [0.25, 0.3) is 0 Å². The molecule has 1 rings (SSSR count). The molecule has 0 bridgehead atoms. The van der Waals surface area contributed by atoms with Gasteiger partial charge in [-0.05, 0) is 17.7 Å². The molecular weight excluding hydrogens is 341 g/mol. The number of carbonyl (C=O) groups excluding carboxylic acids is 1. The van der Waals surface area contributed by atoms with E-state index in [2.05, 4.69) is 5.32 Å². The van der Waals surface area contributed by atoms with E-state index in [1.165, 1.54) is 0 Å². The standard InChI is InChI=1S/C12H15Cl2NO5S/c1-21-20-19-8-4-2-7(3-5-8)10(17)9(6-16)15-12(18)11(13)14/h2-5,9-11,16-17H,6H2,1H3,(H,15,18)/t9-,10-/m1/s1.